The summed E-state index contributed by atoms with van der Waals surface area (Å²) >= 11 is 0. The van der Waals surface area contributed by atoms with Gasteiger partial charge in [-0.1, -0.05) is 13.8 Å². The molecule has 14 heavy (non-hydrogen) atoms. The molecule has 0 aliphatic heterocycles. The molecule has 3 rings (SSSR count). The SMILES string of the molecule is CC1Cc2c1cc(OO)c1c2C(C)C1. The van der Waals surface area contributed by atoms with E-state index in [0.717, 1.165) is 6.42 Å². The minimum absolute atomic E-state index is 0.636. The summed E-state index contributed by atoms with van der Waals surface area (Å²) in [5.74, 6) is 1.97. The molecule has 2 heteroatoms. The standard InChI is InChI=1S/C12H14O2/c1-6-3-9-8(6)5-11(14-13)10-4-7(2)12(9)10/h5-7,13H,3-4H2,1-2H3. The monoisotopic (exact) mass is 190 g/mol. The fourth-order valence-corrected chi connectivity index (χ4v) is 2.90. The lowest BCUT2D eigenvalue weighted by atomic mass is 9.66. The molecule has 0 radical (unpaired) electrons. The Hall–Kier alpha value is -1.02. The van der Waals surface area contributed by atoms with E-state index in [4.69, 9.17) is 5.26 Å². The van der Waals surface area contributed by atoms with Gasteiger partial charge in [0.2, 0.25) is 0 Å². The van der Waals surface area contributed by atoms with E-state index in [1.165, 1.54) is 28.7 Å². The van der Waals surface area contributed by atoms with E-state index < -0.39 is 0 Å². The van der Waals surface area contributed by atoms with E-state index >= 15 is 0 Å². The van der Waals surface area contributed by atoms with Gasteiger partial charge in [-0.25, -0.2) is 5.26 Å². The van der Waals surface area contributed by atoms with E-state index in [9.17, 15) is 0 Å². The van der Waals surface area contributed by atoms with Gasteiger partial charge in [-0.15, -0.1) is 0 Å². The van der Waals surface area contributed by atoms with Crippen molar-refractivity contribution in [3.63, 3.8) is 0 Å². The van der Waals surface area contributed by atoms with Crippen LogP contribution in [0.15, 0.2) is 6.07 Å². The Morgan fingerprint density at radius 3 is 2.50 bits per heavy atom. The average molecular weight is 190 g/mol. The predicted octanol–water partition coefficient (Wildman–Crippen LogP) is 2.86. The molecule has 2 atom stereocenters. The molecule has 1 N–H and O–H groups in total. The van der Waals surface area contributed by atoms with Crippen LogP contribution in [0.3, 0.4) is 0 Å². The van der Waals surface area contributed by atoms with Crippen LogP contribution < -0.4 is 4.89 Å². The average Bonchev–Trinajstić information content (AvgIpc) is 2.15. The summed E-state index contributed by atoms with van der Waals surface area (Å²) < 4.78 is 0. The molecule has 0 saturated heterocycles. The zero-order chi connectivity index (χ0) is 9.87. The lowest BCUT2D eigenvalue weighted by Crippen LogP contribution is -2.26. The quantitative estimate of drug-likeness (QED) is 0.545. The van der Waals surface area contributed by atoms with Crippen LogP contribution in [0.2, 0.25) is 0 Å². The fraction of sp³-hybridized carbons (Fsp3) is 0.500. The molecule has 0 saturated carbocycles. The highest BCUT2D eigenvalue weighted by atomic mass is 17.1. The van der Waals surface area contributed by atoms with Gasteiger partial charge < -0.3 is 4.89 Å². The molecule has 0 bridgehead atoms. The van der Waals surface area contributed by atoms with Crippen LogP contribution in [0.1, 0.15) is 47.9 Å². The number of benzene rings is 1. The van der Waals surface area contributed by atoms with Crippen molar-refractivity contribution >= 4 is 0 Å². The summed E-state index contributed by atoms with van der Waals surface area (Å²) in [6.45, 7) is 4.46. The summed E-state index contributed by atoms with van der Waals surface area (Å²) in [5, 5.41) is 8.79. The Balaban J connectivity index is 2.20. The molecular formula is C12H14O2. The third-order valence-corrected chi connectivity index (χ3v) is 3.73. The molecule has 0 aromatic heterocycles. The predicted molar refractivity (Wildman–Crippen MR) is 53.9 cm³/mol. The van der Waals surface area contributed by atoms with Crippen LogP contribution in [0.25, 0.3) is 0 Å². The molecule has 0 amide bonds. The molecule has 0 fully saturated rings. The van der Waals surface area contributed by atoms with Crippen molar-refractivity contribution in [2.75, 3.05) is 0 Å². The van der Waals surface area contributed by atoms with Gasteiger partial charge in [-0.05, 0) is 47.4 Å². The van der Waals surface area contributed by atoms with Crippen molar-refractivity contribution in [3.05, 3.63) is 28.3 Å². The zero-order valence-corrected chi connectivity index (χ0v) is 8.50. The normalized spacial score (nSPS) is 27.1. The number of fused-ring (bicyclic) bond motifs is 3. The minimum atomic E-state index is 0.636. The van der Waals surface area contributed by atoms with Crippen molar-refractivity contribution in [3.8, 4) is 5.75 Å². The summed E-state index contributed by atoms with van der Waals surface area (Å²) in [4.78, 5) is 4.44. The van der Waals surface area contributed by atoms with Gasteiger partial charge in [0.05, 0.1) is 0 Å². The first-order chi connectivity index (χ1) is 6.72. The highest BCUT2D eigenvalue weighted by molar-refractivity contribution is 5.61. The Labute approximate surface area is 83.4 Å². The van der Waals surface area contributed by atoms with Crippen molar-refractivity contribution in [1.29, 1.82) is 0 Å². The maximum Gasteiger partial charge on any atom is 0.168 e. The largest absolute Gasteiger partial charge is 0.340 e. The van der Waals surface area contributed by atoms with Gasteiger partial charge in [0.15, 0.2) is 5.75 Å². The first-order valence-electron chi connectivity index (χ1n) is 5.22. The molecule has 2 aliphatic carbocycles. The summed E-state index contributed by atoms with van der Waals surface area (Å²) in [7, 11) is 0. The molecule has 2 unspecified atom stereocenters. The van der Waals surface area contributed by atoms with Gasteiger partial charge in [0, 0.05) is 5.56 Å². The second-order valence-electron chi connectivity index (χ2n) is 4.64. The van der Waals surface area contributed by atoms with Crippen LogP contribution in [0.4, 0.5) is 0 Å². The Morgan fingerprint density at radius 2 is 1.93 bits per heavy atom. The summed E-state index contributed by atoms with van der Waals surface area (Å²) in [5.41, 5.74) is 5.57. The molecule has 2 aliphatic rings. The van der Waals surface area contributed by atoms with E-state index in [1.54, 1.807) is 0 Å². The van der Waals surface area contributed by atoms with Crippen LogP contribution in [-0.4, -0.2) is 5.26 Å². The van der Waals surface area contributed by atoms with E-state index in [1.807, 2.05) is 6.07 Å². The van der Waals surface area contributed by atoms with E-state index in [-0.39, 0.29) is 0 Å². The minimum Gasteiger partial charge on any atom is -0.340 e. The summed E-state index contributed by atoms with van der Waals surface area (Å²) in [6.07, 6.45) is 2.25. The third-order valence-electron chi connectivity index (χ3n) is 3.73. The van der Waals surface area contributed by atoms with Gasteiger partial charge in [-0.2, -0.15) is 0 Å². The van der Waals surface area contributed by atoms with Crippen molar-refractivity contribution < 1.29 is 10.1 Å². The summed E-state index contributed by atoms with van der Waals surface area (Å²) in [6, 6.07) is 2.01. The van der Waals surface area contributed by atoms with E-state index in [0.29, 0.717) is 17.6 Å². The molecule has 1 aromatic carbocycles. The van der Waals surface area contributed by atoms with Crippen LogP contribution in [0.5, 0.6) is 5.75 Å². The maximum atomic E-state index is 8.79. The molecule has 2 nitrogen and oxygen atoms in total. The van der Waals surface area contributed by atoms with Gasteiger partial charge in [-0.3, -0.25) is 0 Å². The van der Waals surface area contributed by atoms with Gasteiger partial charge in [0.1, 0.15) is 0 Å². The molecule has 74 valence electrons. The molecule has 0 spiro atoms. The van der Waals surface area contributed by atoms with Gasteiger partial charge >= 0.3 is 0 Å². The Bertz CT molecular complexity index is 389. The maximum absolute atomic E-state index is 8.79. The first kappa shape index (κ1) is 8.30. The van der Waals surface area contributed by atoms with Crippen LogP contribution in [-0.2, 0) is 12.8 Å². The highest BCUT2D eigenvalue weighted by Crippen LogP contribution is 2.50. The molecular weight excluding hydrogens is 176 g/mol. The van der Waals surface area contributed by atoms with Crippen molar-refractivity contribution in [2.45, 2.75) is 38.5 Å². The second-order valence-corrected chi connectivity index (χ2v) is 4.64. The Kier molecular flexibility index (Phi) is 1.49. The van der Waals surface area contributed by atoms with E-state index in [2.05, 4.69) is 18.7 Å². The van der Waals surface area contributed by atoms with Crippen LogP contribution >= 0.6 is 0 Å². The van der Waals surface area contributed by atoms with Gasteiger partial charge in [0.25, 0.3) is 0 Å². The fourth-order valence-electron chi connectivity index (χ4n) is 2.90. The van der Waals surface area contributed by atoms with Crippen molar-refractivity contribution in [2.24, 2.45) is 0 Å². The molecule has 1 aromatic rings. The zero-order valence-electron chi connectivity index (χ0n) is 8.50. The first-order valence-corrected chi connectivity index (χ1v) is 5.22. The molecule has 0 heterocycles. The lowest BCUT2D eigenvalue weighted by molar-refractivity contribution is -0.138. The lowest BCUT2D eigenvalue weighted by Gasteiger charge is -2.39. The topological polar surface area (TPSA) is 29.5 Å². The number of hydrogen-bond donors (Lipinski definition) is 1. The third kappa shape index (κ3) is 0.800. The highest BCUT2D eigenvalue weighted by Gasteiger charge is 2.36. The number of rotatable bonds is 1. The Morgan fingerprint density at radius 1 is 1.21 bits per heavy atom. The number of hydrogen-bond acceptors (Lipinski definition) is 2. The second kappa shape index (κ2) is 2.51. The van der Waals surface area contributed by atoms with Crippen LogP contribution in [0, 0.1) is 0 Å². The van der Waals surface area contributed by atoms with Crippen molar-refractivity contribution in [1.82, 2.24) is 0 Å². The smallest absolute Gasteiger partial charge is 0.168 e.